The van der Waals surface area contributed by atoms with E-state index in [0.717, 1.165) is 0 Å². The van der Waals surface area contributed by atoms with Crippen molar-refractivity contribution in [2.45, 2.75) is 12.2 Å². The van der Waals surface area contributed by atoms with Crippen molar-refractivity contribution >= 4 is 0 Å². The minimum atomic E-state index is -1.96. The number of hydrogen-bond donors (Lipinski definition) is 5. The molecule has 0 radical (unpaired) electrons. The molecule has 0 saturated carbocycles. The monoisotopic (exact) mass is 200 g/mol. The van der Waals surface area contributed by atoms with Gasteiger partial charge in [-0.1, -0.05) is 0 Å². The van der Waals surface area contributed by atoms with Crippen molar-refractivity contribution < 1.29 is 15.3 Å². The molecular formula is C9H16N2O3. The summed E-state index contributed by atoms with van der Waals surface area (Å²) in [6.07, 6.45) is 2.86. The van der Waals surface area contributed by atoms with E-state index in [1.165, 1.54) is 12.2 Å². The topological polar surface area (TPSA) is 113 Å². The Bertz CT molecular complexity index is 271. The molecule has 0 spiro atoms. The summed E-state index contributed by atoms with van der Waals surface area (Å²) in [6, 6.07) is 0. The first-order valence-electron chi connectivity index (χ1n) is 4.46. The molecule has 1 aliphatic rings. The molecule has 0 aromatic carbocycles. The lowest BCUT2D eigenvalue weighted by Gasteiger charge is -2.33. The molecule has 1 aliphatic carbocycles. The molecule has 1 unspecified atom stereocenters. The zero-order valence-electron chi connectivity index (χ0n) is 7.85. The fourth-order valence-corrected chi connectivity index (χ4v) is 1.67. The van der Waals surface area contributed by atoms with E-state index in [1.54, 1.807) is 0 Å². The standard InChI is InChI=1S/C9H16N2O3/c10-5-6-7(2-4-12)9(13,14)3-1-8(6)11/h1,3,7,12-14H,2,4-5,10-11H2. The zero-order chi connectivity index (χ0) is 10.8. The third-order valence-corrected chi connectivity index (χ3v) is 2.45. The number of rotatable bonds is 3. The van der Waals surface area contributed by atoms with Crippen LogP contribution in [0.15, 0.2) is 23.4 Å². The molecule has 0 aliphatic heterocycles. The van der Waals surface area contributed by atoms with Crippen molar-refractivity contribution in [1.29, 1.82) is 0 Å². The van der Waals surface area contributed by atoms with Gasteiger partial charge >= 0.3 is 0 Å². The molecule has 0 bridgehead atoms. The molecule has 0 fully saturated rings. The maximum absolute atomic E-state index is 9.60. The molecule has 5 heteroatoms. The Morgan fingerprint density at radius 2 is 2.07 bits per heavy atom. The molecule has 0 aromatic rings. The van der Waals surface area contributed by atoms with E-state index in [1.807, 2.05) is 0 Å². The van der Waals surface area contributed by atoms with E-state index >= 15 is 0 Å². The molecule has 0 amide bonds. The van der Waals surface area contributed by atoms with Crippen LogP contribution in [-0.4, -0.2) is 34.3 Å². The Morgan fingerprint density at radius 1 is 1.43 bits per heavy atom. The van der Waals surface area contributed by atoms with Crippen molar-refractivity contribution in [2.24, 2.45) is 17.4 Å². The van der Waals surface area contributed by atoms with Crippen LogP contribution in [0.5, 0.6) is 0 Å². The summed E-state index contributed by atoms with van der Waals surface area (Å²) >= 11 is 0. The largest absolute Gasteiger partial charge is 0.399 e. The van der Waals surface area contributed by atoms with Crippen molar-refractivity contribution in [2.75, 3.05) is 13.2 Å². The third kappa shape index (κ3) is 1.96. The zero-order valence-corrected chi connectivity index (χ0v) is 7.85. The number of aliphatic hydroxyl groups excluding tert-OH is 1. The number of aliphatic hydroxyl groups is 3. The summed E-state index contributed by atoms with van der Waals surface area (Å²) in [5, 5.41) is 28.0. The van der Waals surface area contributed by atoms with Gasteiger partial charge in [-0.25, -0.2) is 0 Å². The van der Waals surface area contributed by atoms with Crippen LogP contribution in [0.2, 0.25) is 0 Å². The van der Waals surface area contributed by atoms with Gasteiger partial charge in [-0.2, -0.15) is 0 Å². The van der Waals surface area contributed by atoms with Gasteiger partial charge in [-0.05, 0) is 24.1 Å². The average molecular weight is 200 g/mol. The van der Waals surface area contributed by atoms with Gasteiger partial charge in [0.25, 0.3) is 0 Å². The van der Waals surface area contributed by atoms with Crippen LogP contribution in [-0.2, 0) is 0 Å². The second kappa shape index (κ2) is 4.10. The Morgan fingerprint density at radius 3 is 2.57 bits per heavy atom. The molecule has 14 heavy (non-hydrogen) atoms. The molecule has 5 nitrogen and oxygen atoms in total. The third-order valence-electron chi connectivity index (χ3n) is 2.45. The van der Waals surface area contributed by atoms with E-state index in [4.69, 9.17) is 16.6 Å². The van der Waals surface area contributed by atoms with E-state index in [0.29, 0.717) is 11.3 Å². The van der Waals surface area contributed by atoms with Gasteiger partial charge in [-0.3, -0.25) is 0 Å². The molecule has 80 valence electrons. The van der Waals surface area contributed by atoms with Crippen LogP contribution < -0.4 is 11.5 Å². The maximum Gasteiger partial charge on any atom is 0.189 e. The van der Waals surface area contributed by atoms with Crippen LogP contribution in [0, 0.1) is 5.92 Å². The molecular weight excluding hydrogens is 184 g/mol. The van der Waals surface area contributed by atoms with Gasteiger partial charge in [0, 0.05) is 24.8 Å². The molecule has 0 heterocycles. The summed E-state index contributed by atoms with van der Waals surface area (Å²) in [6.45, 7) is 0.0157. The molecule has 7 N–H and O–H groups in total. The minimum absolute atomic E-state index is 0.141. The van der Waals surface area contributed by atoms with E-state index in [2.05, 4.69) is 0 Å². The lowest BCUT2D eigenvalue weighted by atomic mass is 9.82. The van der Waals surface area contributed by atoms with Gasteiger partial charge in [0.05, 0.1) is 0 Å². The van der Waals surface area contributed by atoms with Crippen molar-refractivity contribution in [3.8, 4) is 0 Å². The SMILES string of the molecule is NCC1=C(N)C=CC(O)(O)C1CCO. The first-order valence-corrected chi connectivity index (χ1v) is 4.46. The smallest absolute Gasteiger partial charge is 0.189 e. The lowest BCUT2D eigenvalue weighted by Crippen LogP contribution is -2.42. The van der Waals surface area contributed by atoms with Crippen LogP contribution in [0.3, 0.4) is 0 Å². The van der Waals surface area contributed by atoms with Gasteiger partial charge in [0.2, 0.25) is 0 Å². The van der Waals surface area contributed by atoms with Crippen molar-refractivity contribution in [3.05, 3.63) is 23.4 Å². The van der Waals surface area contributed by atoms with Gasteiger partial charge in [-0.15, -0.1) is 0 Å². The van der Waals surface area contributed by atoms with Gasteiger partial charge < -0.3 is 26.8 Å². The van der Waals surface area contributed by atoms with Crippen LogP contribution in [0.25, 0.3) is 0 Å². The van der Waals surface area contributed by atoms with Crippen LogP contribution in [0.4, 0.5) is 0 Å². The van der Waals surface area contributed by atoms with Gasteiger partial charge in [0.15, 0.2) is 5.79 Å². The summed E-state index contributed by atoms with van der Waals surface area (Å²) in [5.41, 5.74) is 12.1. The highest BCUT2D eigenvalue weighted by Crippen LogP contribution is 2.31. The van der Waals surface area contributed by atoms with E-state index < -0.39 is 11.7 Å². The highest BCUT2D eigenvalue weighted by atomic mass is 16.5. The Balaban J connectivity index is 2.99. The average Bonchev–Trinajstić information content (AvgIpc) is 2.13. The molecule has 0 saturated heterocycles. The highest BCUT2D eigenvalue weighted by Gasteiger charge is 2.37. The van der Waals surface area contributed by atoms with E-state index in [9.17, 15) is 10.2 Å². The lowest BCUT2D eigenvalue weighted by molar-refractivity contribution is -0.155. The summed E-state index contributed by atoms with van der Waals surface area (Å²) < 4.78 is 0. The first kappa shape index (κ1) is 11.2. The number of nitrogens with two attached hydrogens (primary N) is 2. The quantitative estimate of drug-likeness (QED) is 0.352. The number of allylic oxidation sites excluding steroid dienone is 1. The summed E-state index contributed by atoms with van der Waals surface area (Å²) in [7, 11) is 0. The van der Waals surface area contributed by atoms with Crippen LogP contribution in [0.1, 0.15) is 6.42 Å². The maximum atomic E-state index is 9.60. The van der Waals surface area contributed by atoms with Crippen LogP contribution >= 0.6 is 0 Å². The van der Waals surface area contributed by atoms with E-state index in [-0.39, 0.29) is 19.6 Å². The fraction of sp³-hybridized carbons (Fsp3) is 0.556. The molecule has 1 rings (SSSR count). The predicted octanol–water partition coefficient (Wildman–Crippen LogP) is -1.59. The van der Waals surface area contributed by atoms with Crippen molar-refractivity contribution in [3.63, 3.8) is 0 Å². The second-order valence-corrected chi connectivity index (χ2v) is 3.37. The normalized spacial score (nSPS) is 25.6. The summed E-state index contributed by atoms with van der Waals surface area (Å²) in [5.74, 6) is -2.58. The molecule has 1 atom stereocenters. The predicted molar refractivity (Wildman–Crippen MR) is 51.8 cm³/mol. The first-order chi connectivity index (χ1) is 6.53. The highest BCUT2D eigenvalue weighted by molar-refractivity contribution is 5.33. The Labute approximate surface area is 82.3 Å². The summed E-state index contributed by atoms with van der Waals surface area (Å²) in [4.78, 5) is 0. The Kier molecular flexibility index (Phi) is 3.28. The van der Waals surface area contributed by atoms with Gasteiger partial charge in [0.1, 0.15) is 0 Å². The minimum Gasteiger partial charge on any atom is -0.399 e. The Hall–Kier alpha value is -0.880. The molecule has 0 aromatic heterocycles. The fourth-order valence-electron chi connectivity index (χ4n) is 1.67. The van der Waals surface area contributed by atoms with Crippen molar-refractivity contribution in [1.82, 2.24) is 0 Å². The number of hydrogen-bond acceptors (Lipinski definition) is 5. The second-order valence-electron chi connectivity index (χ2n) is 3.37.